The van der Waals surface area contributed by atoms with E-state index >= 15 is 0 Å². The van der Waals surface area contributed by atoms with Gasteiger partial charge in [-0.2, -0.15) is 0 Å². The lowest BCUT2D eigenvalue weighted by atomic mass is 9.75. The maximum atomic E-state index is 11.2. The largest absolute Gasteiger partial charge is 0.394 e. The van der Waals surface area contributed by atoms with Crippen molar-refractivity contribution >= 4 is 24.4 Å². The van der Waals surface area contributed by atoms with Gasteiger partial charge in [-0.1, -0.05) is 17.8 Å². The normalized spacial score (nSPS) is 44.8. The second-order valence-electron chi connectivity index (χ2n) is 7.36. The number of aliphatic hydroxyl groups excluding tert-OH is 7. The second-order valence-corrected chi connectivity index (χ2v) is 9.05. The molecule has 170 valence electrons. The van der Waals surface area contributed by atoms with Crippen LogP contribution >= 0.6 is 24.4 Å². The van der Waals surface area contributed by atoms with Gasteiger partial charge in [0, 0.05) is 9.79 Å². The minimum Gasteiger partial charge on any atom is -0.394 e. The fourth-order valence-electron chi connectivity index (χ4n) is 3.78. The highest BCUT2D eigenvalue weighted by atomic mass is 32.2. The van der Waals surface area contributed by atoms with Crippen LogP contribution in [0.4, 0.5) is 0 Å². The van der Waals surface area contributed by atoms with E-state index < -0.39 is 73.1 Å². The second kappa shape index (κ2) is 9.57. The van der Waals surface area contributed by atoms with Crippen molar-refractivity contribution in [2.45, 2.75) is 69.7 Å². The molecule has 2 heterocycles. The lowest BCUT2D eigenvalue weighted by molar-refractivity contribution is -0.337. The third-order valence-corrected chi connectivity index (χ3v) is 6.90. The van der Waals surface area contributed by atoms with Gasteiger partial charge in [0.05, 0.1) is 13.2 Å². The van der Waals surface area contributed by atoms with Crippen molar-refractivity contribution in [3.05, 3.63) is 24.3 Å². The fraction of sp³-hybridized carbons (Fsp3) is 0.667. The van der Waals surface area contributed by atoms with Crippen LogP contribution in [0.3, 0.4) is 0 Å². The maximum Gasteiger partial charge on any atom is 0.150 e. The first-order valence-electron chi connectivity index (χ1n) is 9.26. The molecule has 1 aromatic rings. The molecule has 30 heavy (non-hydrogen) atoms. The van der Waals surface area contributed by atoms with Crippen LogP contribution in [0.15, 0.2) is 34.1 Å². The highest BCUT2D eigenvalue weighted by Gasteiger charge is 2.63. The number of ether oxygens (including phenoxy) is 2. The van der Waals surface area contributed by atoms with Crippen LogP contribution in [0.25, 0.3) is 0 Å². The molecule has 3 rings (SSSR count). The standard InChI is InChI=1S/C18H26O10S2/c19-5-9-11(21)12(22)13(23)16(27-9)18(26)10(6-20)28-17(14(24)15(18)25)30-8-3-1-2-7(29)4-8/h1-4,9-17,19-26,29H,5-6H2/t9-,10-,11-,12+,13-,14-,15-,16-,17+,18-/m1/s1. The molecular formula is C18H26O10S2. The number of rotatable bonds is 5. The smallest absolute Gasteiger partial charge is 0.150 e. The molecule has 0 bridgehead atoms. The zero-order chi connectivity index (χ0) is 22.2. The molecule has 1 aromatic carbocycles. The Morgan fingerprint density at radius 2 is 1.63 bits per heavy atom. The summed E-state index contributed by atoms with van der Waals surface area (Å²) in [6.45, 7) is -1.57. The molecule has 10 nitrogen and oxygen atoms in total. The average molecular weight is 467 g/mol. The summed E-state index contributed by atoms with van der Waals surface area (Å²) in [6, 6.07) is 6.89. The summed E-state index contributed by atoms with van der Waals surface area (Å²) in [5.41, 5.74) is -3.66. The van der Waals surface area contributed by atoms with E-state index in [9.17, 15) is 40.9 Å². The van der Waals surface area contributed by atoms with E-state index in [1.54, 1.807) is 24.3 Å². The van der Waals surface area contributed by atoms with E-state index in [-0.39, 0.29) is 0 Å². The number of aliphatic hydroxyl groups is 8. The predicted octanol–water partition coefficient (Wildman–Crippen LogP) is -2.92. The van der Waals surface area contributed by atoms with Crippen molar-refractivity contribution < 1.29 is 50.3 Å². The third kappa shape index (κ3) is 4.25. The molecule has 2 fully saturated rings. The summed E-state index contributed by atoms with van der Waals surface area (Å²) in [6.07, 6.45) is -13.7. The average Bonchev–Trinajstić information content (AvgIpc) is 2.72. The van der Waals surface area contributed by atoms with Crippen molar-refractivity contribution in [3.8, 4) is 0 Å². The van der Waals surface area contributed by atoms with Gasteiger partial charge in [0.25, 0.3) is 0 Å². The quantitative estimate of drug-likeness (QED) is 0.203. The summed E-state index contributed by atoms with van der Waals surface area (Å²) in [5.74, 6) is 0. The van der Waals surface area contributed by atoms with Gasteiger partial charge in [-0.25, -0.2) is 0 Å². The molecule has 12 heteroatoms. The zero-order valence-corrected chi connectivity index (χ0v) is 17.4. The molecule has 2 saturated heterocycles. The Hall–Kier alpha value is -0.480. The van der Waals surface area contributed by atoms with Crippen LogP contribution in [0.5, 0.6) is 0 Å². The summed E-state index contributed by atoms with van der Waals surface area (Å²) < 4.78 is 11.0. The Balaban J connectivity index is 1.88. The van der Waals surface area contributed by atoms with Gasteiger partial charge >= 0.3 is 0 Å². The SMILES string of the molecule is OC[C@H]1O[C@@H]([C@]2(O)[C@H](O)[C@@H](O)[C@H](Sc3cccc(S)c3)O[C@@H]2CO)[C@H](O)[C@@H](O)[C@@H]1O. The maximum absolute atomic E-state index is 11.2. The number of hydrogen-bond donors (Lipinski definition) is 9. The van der Waals surface area contributed by atoms with Crippen LogP contribution in [-0.2, 0) is 9.47 Å². The number of thioether (sulfide) groups is 1. The molecule has 0 radical (unpaired) electrons. The van der Waals surface area contributed by atoms with E-state index in [2.05, 4.69) is 12.6 Å². The molecule has 0 spiro atoms. The summed E-state index contributed by atoms with van der Waals surface area (Å²) >= 11 is 5.26. The van der Waals surface area contributed by atoms with E-state index in [0.717, 1.165) is 11.8 Å². The van der Waals surface area contributed by atoms with E-state index in [1.165, 1.54) is 0 Å². The van der Waals surface area contributed by atoms with Crippen LogP contribution in [0, 0.1) is 0 Å². The number of thiol groups is 1. The van der Waals surface area contributed by atoms with Crippen molar-refractivity contribution in [1.82, 2.24) is 0 Å². The number of benzene rings is 1. The van der Waals surface area contributed by atoms with Crippen molar-refractivity contribution in [3.63, 3.8) is 0 Å². The molecule has 0 amide bonds. The first-order valence-corrected chi connectivity index (χ1v) is 10.6. The topological polar surface area (TPSA) is 180 Å². The fourth-order valence-corrected chi connectivity index (χ4v) is 5.19. The van der Waals surface area contributed by atoms with Crippen molar-refractivity contribution in [1.29, 1.82) is 0 Å². The monoisotopic (exact) mass is 466 g/mol. The summed E-state index contributed by atoms with van der Waals surface area (Å²) in [4.78, 5) is 1.30. The Labute approximate surface area is 182 Å². The van der Waals surface area contributed by atoms with Gasteiger partial charge < -0.3 is 50.3 Å². The van der Waals surface area contributed by atoms with Crippen LogP contribution in [0.2, 0.25) is 0 Å². The Morgan fingerprint density at radius 1 is 0.933 bits per heavy atom. The van der Waals surface area contributed by atoms with Crippen LogP contribution in [0.1, 0.15) is 0 Å². The number of hydrogen-bond acceptors (Lipinski definition) is 12. The minimum absolute atomic E-state index is 0.647. The lowest BCUT2D eigenvalue weighted by Gasteiger charge is -2.54. The Kier molecular flexibility index (Phi) is 7.71. The molecule has 0 unspecified atom stereocenters. The predicted molar refractivity (Wildman–Crippen MR) is 106 cm³/mol. The first-order chi connectivity index (χ1) is 14.1. The zero-order valence-electron chi connectivity index (χ0n) is 15.7. The molecular weight excluding hydrogens is 440 g/mol. The van der Waals surface area contributed by atoms with Gasteiger partial charge in [-0.05, 0) is 18.2 Å². The first kappa shape index (κ1) is 24.2. The summed E-state index contributed by atoms with van der Waals surface area (Å²) in [7, 11) is 0. The third-order valence-electron chi connectivity index (χ3n) is 5.47. The lowest BCUT2D eigenvalue weighted by Crippen LogP contribution is -2.76. The molecule has 0 aromatic heterocycles. The van der Waals surface area contributed by atoms with E-state index in [0.29, 0.717) is 9.79 Å². The van der Waals surface area contributed by atoms with E-state index in [4.69, 9.17) is 9.47 Å². The Morgan fingerprint density at radius 3 is 2.23 bits per heavy atom. The van der Waals surface area contributed by atoms with Gasteiger partial charge in [-0.3, -0.25) is 0 Å². The van der Waals surface area contributed by atoms with Gasteiger partial charge in [0.1, 0.15) is 54.3 Å². The van der Waals surface area contributed by atoms with Gasteiger partial charge in [0.15, 0.2) is 5.60 Å². The molecule has 2 aliphatic heterocycles. The summed E-state index contributed by atoms with van der Waals surface area (Å²) in [5, 5.41) is 82.2. The molecule has 0 saturated carbocycles. The Bertz CT molecular complexity index is 720. The van der Waals surface area contributed by atoms with Gasteiger partial charge in [-0.15, -0.1) is 12.6 Å². The highest BCUT2D eigenvalue weighted by Crippen LogP contribution is 2.42. The molecule has 8 N–H and O–H groups in total. The molecule has 0 aliphatic carbocycles. The highest BCUT2D eigenvalue weighted by molar-refractivity contribution is 7.99. The minimum atomic E-state index is -2.56. The van der Waals surface area contributed by atoms with E-state index in [1.807, 2.05) is 0 Å². The molecule has 10 atom stereocenters. The van der Waals surface area contributed by atoms with Gasteiger partial charge in [0.2, 0.25) is 0 Å². The molecule has 2 aliphatic rings. The van der Waals surface area contributed by atoms with Crippen LogP contribution < -0.4 is 0 Å². The van der Waals surface area contributed by atoms with Crippen LogP contribution in [-0.4, -0.2) is 114 Å². The van der Waals surface area contributed by atoms with Crippen molar-refractivity contribution in [2.75, 3.05) is 13.2 Å². The van der Waals surface area contributed by atoms with Crippen molar-refractivity contribution in [2.24, 2.45) is 0 Å².